The van der Waals surface area contributed by atoms with Crippen molar-refractivity contribution in [3.63, 3.8) is 0 Å². The fraction of sp³-hybridized carbons (Fsp3) is 0.778. The van der Waals surface area contributed by atoms with Gasteiger partial charge in [0, 0.05) is 45.9 Å². The summed E-state index contributed by atoms with van der Waals surface area (Å²) in [5.41, 5.74) is 0.847. The molecule has 2 atom stereocenters. The zero-order valence-corrected chi connectivity index (χ0v) is 16.8. The molecule has 4 rings (SSSR count). The van der Waals surface area contributed by atoms with Crippen LogP contribution in [-0.4, -0.2) is 89.9 Å². The Morgan fingerprint density at radius 2 is 1.75 bits per heavy atom. The highest BCUT2D eigenvalue weighted by molar-refractivity contribution is 5.74. The molecule has 0 saturated carbocycles. The zero-order valence-electron chi connectivity index (χ0n) is 16.8. The first-order valence-electron chi connectivity index (χ1n) is 10.0. The van der Waals surface area contributed by atoms with E-state index in [1.54, 1.807) is 7.11 Å². The summed E-state index contributed by atoms with van der Waals surface area (Å²) in [7, 11) is 1.68. The first-order valence-corrected chi connectivity index (χ1v) is 10.0. The van der Waals surface area contributed by atoms with Gasteiger partial charge in [0.15, 0.2) is 11.6 Å². The smallest absolute Gasteiger partial charge is 0.245 e. The molecule has 2 aromatic rings. The molecule has 0 radical (unpaired) electrons. The topological polar surface area (TPSA) is 102 Å². The van der Waals surface area contributed by atoms with Crippen molar-refractivity contribution in [2.75, 3.05) is 56.7 Å². The van der Waals surface area contributed by atoms with Crippen molar-refractivity contribution < 1.29 is 14.1 Å². The van der Waals surface area contributed by atoms with Gasteiger partial charge in [0.1, 0.15) is 0 Å². The molecule has 2 aromatic heterocycles. The average molecular weight is 391 g/mol. The Kier molecular flexibility index (Phi) is 5.88. The molecular weight excluding hydrogens is 362 g/mol. The number of fused-ring (bicyclic) bond motifs is 1. The predicted octanol–water partition coefficient (Wildman–Crippen LogP) is 1.15. The first-order chi connectivity index (χ1) is 13.6. The molecule has 2 fully saturated rings. The lowest BCUT2D eigenvalue weighted by molar-refractivity contribution is -0.0826. The highest BCUT2D eigenvalue weighted by atomic mass is 16.6. The van der Waals surface area contributed by atoms with E-state index in [2.05, 4.69) is 49.2 Å². The fourth-order valence-electron chi connectivity index (χ4n) is 4.20. The summed E-state index contributed by atoms with van der Waals surface area (Å²) in [6.07, 6.45) is 2.78. The number of ether oxygens (including phenoxy) is 2. The summed E-state index contributed by atoms with van der Waals surface area (Å²) in [5.74, 6) is 1.51. The van der Waals surface area contributed by atoms with Gasteiger partial charge in [-0.15, -0.1) is 0 Å². The number of morpholine rings is 1. The van der Waals surface area contributed by atoms with E-state index in [1.165, 1.54) is 0 Å². The van der Waals surface area contributed by atoms with Crippen molar-refractivity contribution in [3.05, 3.63) is 0 Å². The molecule has 10 heteroatoms. The number of methoxy groups -OCH3 is 1. The fourth-order valence-corrected chi connectivity index (χ4v) is 4.20. The van der Waals surface area contributed by atoms with E-state index < -0.39 is 0 Å². The van der Waals surface area contributed by atoms with Gasteiger partial charge >= 0.3 is 0 Å². The lowest BCUT2D eigenvalue weighted by Crippen LogP contribution is -2.53. The first kappa shape index (κ1) is 19.3. The van der Waals surface area contributed by atoms with Gasteiger partial charge < -0.3 is 19.7 Å². The van der Waals surface area contributed by atoms with Crippen LogP contribution in [0.3, 0.4) is 0 Å². The molecule has 2 aliphatic heterocycles. The minimum absolute atomic E-state index is 0.298. The van der Waals surface area contributed by atoms with Crippen LogP contribution in [0.5, 0.6) is 0 Å². The summed E-state index contributed by atoms with van der Waals surface area (Å²) in [6.45, 7) is 9.43. The van der Waals surface area contributed by atoms with Crippen LogP contribution in [-0.2, 0) is 9.47 Å². The molecule has 0 aliphatic carbocycles. The van der Waals surface area contributed by atoms with Crippen LogP contribution in [0.1, 0.15) is 26.7 Å². The molecule has 0 aromatic carbocycles. The van der Waals surface area contributed by atoms with Gasteiger partial charge in [-0.3, -0.25) is 4.90 Å². The number of piperidine rings is 1. The average Bonchev–Trinajstić information content (AvgIpc) is 3.14. The van der Waals surface area contributed by atoms with Crippen molar-refractivity contribution in [3.8, 4) is 0 Å². The van der Waals surface area contributed by atoms with Gasteiger partial charge in [-0.1, -0.05) is 0 Å². The predicted molar refractivity (Wildman–Crippen MR) is 105 cm³/mol. The molecule has 2 aliphatic rings. The van der Waals surface area contributed by atoms with Gasteiger partial charge in [0.2, 0.25) is 11.3 Å². The largest absolute Gasteiger partial charge is 0.383 e. The third-order valence-electron chi connectivity index (χ3n) is 5.42. The maximum absolute atomic E-state index is 5.88. The van der Waals surface area contributed by atoms with Crippen molar-refractivity contribution in [2.45, 2.75) is 44.9 Å². The summed E-state index contributed by atoms with van der Waals surface area (Å²) in [6, 6.07) is 0.584. The normalized spacial score (nSPS) is 24.8. The van der Waals surface area contributed by atoms with Crippen molar-refractivity contribution in [2.24, 2.45) is 0 Å². The van der Waals surface area contributed by atoms with Crippen LogP contribution < -0.4 is 10.2 Å². The summed E-state index contributed by atoms with van der Waals surface area (Å²) in [4.78, 5) is 14.1. The SMILES string of the molecule is COCCNc1nc2nonc2nc1N1CCC(N2C[C@@H](C)O[C@@H](C)C2)CC1. The van der Waals surface area contributed by atoms with Crippen LogP contribution in [0.15, 0.2) is 4.63 Å². The molecule has 0 bridgehead atoms. The Hall–Kier alpha value is -2.04. The van der Waals surface area contributed by atoms with E-state index in [4.69, 9.17) is 14.1 Å². The van der Waals surface area contributed by atoms with Gasteiger partial charge in [-0.2, -0.15) is 0 Å². The van der Waals surface area contributed by atoms with E-state index in [9.17, 15) is 0 Å². The molecule has 1 N–H and O–H groups in total. The number of nitrogens with one attached hydrogen (secondary N) is 1. The van der Waals surface area contributed by atoms with Crippen LogP contribution in [0.25, 0.3) is 11.3 Å². The zero-order chi connectivity index (χ0) is 19.5. The van der Waals surface area contributed by atoms with Crippen LogP contribution in [0.2, 0.25) is 0 Å². The third kappa shape index (κ3) is 4.18. The number of aromatic nitrogens is 4. The number of anilines is 2. The number of nitrogens with zero attached hydrogens (tertiary/aromatic N) is 6. The number of hydrogen-bond acceptors (Lipinski definition) is 10. The van der Waals surface area contributed by atoms with Crippen LogP contribution in [0.4, 0.5) is 11.6 Å². The summed E-state index contributed by atoms with van der Waals surface area (Å²) < 4.78 is 15.8. The molecule has 2 saturated heterocycles. The standard InChI is InChI=1S/C18H29N7O3/c1-12-10-25(11-13(2)27-12)14-4-7-24(8-5-14)18-17(19-6-9-26-3)20-15-16(21-18)23-28-22-15/h12-14H,4-11H2,1-3H3,(H,19,20,22)/t12-,13+. The van der Waals surface area contributed by atoms with Gasteiger partial charge in [0.05, 0.1) is 18.8 Å². The van der Waals surface area contributed by atoms with Crippen LogP contribution >= 0.6 is 0 Å². The van der Waals surface area contributed by atoms with Crippen molar-refractivity contribution in [1.82, 2.24) is 25.2 Å². The molecule has 4 heterocycles. The quantitative estimate of drug-likeness (QED) is 0.721. The third-order valence-corrected chi connectivity index (χ3v) is 5.42. The maximum atomic E-state index is 5.88. The monoisotopic (exact) mass is 391 g/mol. The van der Waals surface area contributed by atoms with Gasteiger partial charge in [0.25, 0.3) is 0 Å². The van der Waals surface area contributed by atoms with E-state index in [0.717, 1.165) is 44.8 Å². The Balaban J connectivity index is 1.46. The van der Waals surface area contributed by atoms with Gasteiger partial charge in [-0.05, 0) is 37.0 Å². The Bertz CT molecular complexity index is 768. The van der Waals surface area contributed by atoms with E-state index in [0.29, 0.717) is 48.5 Å². The second-order valence-electron chi connectivity index (χ2n) is 7.66. The van der Waals surface area contributed by atoms with Crippen LogP contribution in [0, 0.1) is 0 Å². The van der Waals surface area contributed by atoms with E-state index >= 15 is 0 Å². The minimum Gasteiger partial charge on any atom is -0.383 e. The lowest BCUT2D eigenvalue weighted by Gasteiger charge is -2.43. The highest BCUT2D eigenvalue weighted by Crippen LogP contribution is 2.28. The molecule has 0 unspecified atom stereocenters. The highest BCUT2D eigenvalue weighted by Gasteiger charge is 2.31. The van der Waals surface area contributed by atoms with Crippen molar-refractivity contribution in [1.29, 1.82) is 0 Å². The lowest BCUT2D eigenvalue weighted by atomic mass is 10.0. The second-order valence-corrected chi connectivity index (χ2v) is 7.66. The number of hydrogen-bond donors (Lipinski definition) is 1. The Morgan fingerprint density at radius 1 is 1.07 bits per heavy atom. The maximum Gasteiger partial charge on any atom is 0.245 e. The molecule has 28 heavy (non-hydrogen) atoms. The van der Waals surface area contributed by atoms with Gasteiger partial charge in [-0.25, -0.2) is 14.6 Å². The minimum atomic E-state index is 0.298. The van der Waals surface area contributed by atoms with E-state index in [1.807, 2.05) is 0 Å². The second kappa shape index (κ2) is 8.54. The molecule has 0 spiro atoms. The van der Waals surface area contributed by atoms with Crippen molar-refractivity contribution >= 4 is 22.9 Å². The Labute approximate surface area is 164 Å². The molecule has 154 valence electrons. The Morgan fingerprint density at radius 3 is 2.43 bits per heavy atom. The summed E-state index contributed by atoms with van der Waals surface area (Å²) >= 11 is 0. The molecular formula is C18H29N7O3. The number of rotatable bonds is 6. The van der Waals surface area contributed by atoms with E-state index in [-0.39, 0.29) is 0 Å². The summed E-state index contributed by atoms with van der Waals surface area (Å²) in [5, 5.41) is 11.0. The molecule has 10 nitrogen and oxygen atoms in total. The molecule has 0 amide bonds.